The topological polar surface area (TPSA) is 29.5 Å². The number of hydrogen-bond donors (Lipinski definition) is 0. The highest BCUT2D eigenvalue weighted by molar-refractivity contribution is 6.13. The highest BCUT2D eigenvalue weighted by Crippen LogP contribution is 2.46. The molecule has 0 aliphatic carbocycles. The van der Waals surface area contributed by atoms with E-state index in [1.165, 1.54) is 27.5 Å². The molecule has 2 aromatic heterocycles. The van der Waals surface area contributed by atoms with Crippen molar-refractivity contribution in [3.05, 3.63) is 200 Å². The first-order chi connectivity index (χ1) is 27.3. The molecule has 0 N–H and O–H groups in total. The van der Waals surface area contributed by atoms with Crippen LogP contribution in [0.25, 0.3) is 88.0 Å². The van der Waals surface area contributed by atoms with Crippen molar-refractivity contribution in [2.24, 2.45) is 0 Å². The Hall–Kier alpha value is -7.36. The molecule has 0 aliphatic heterocycles. The van der Waals surface area contributed by atoms with E-state index in [0.717, 1.165) is 77.6 Å². The Morgan fingerprint density at radius 1 is 0.309 bits per heavy atom. The lowest BCUT2D eigenvalue weighted by molar-refractivity contribution is 0.668. The minimum atomic E-state index is 0.871. The van der Waals surface area contributed by atoms with E-state index >= 15 is 0 Å². The van der Waals surface area contributed by atoms with Crippen molar-refractivity contribution in [3.8, 4) is 33.4 Å². The lowest BCUT2D eigenvalue weighted by Crippen LogP contribution is -2.11. The predicted molar refractivity (Wildman–Crippen MR) is 229 cm³/mol. The van der Waals surface area contributed by atoms with Gasteiger partial charge in [0.05, 0.1) is 5.69 Å². The first kappa shape index (κ1) is 31.2. The molecule has 0 aliphatic rings. The van der Waals surface area contributed by atoms with Crippen LogP contribution in [-0.4, -0.2) is 0 Å². The molecule has 0 amide bonds. The molecule has 9 aromatic carbocycles. The fourth-order valence-corrected chi connectivity index (χ4v) is 8.41. The zero-order valence-corrected chi connectivity index (χ0v) is 29.8. The second-order valence-corrected chi connectivity index (χ2v) is 14.0. The smallest absolute Gasteiger partial charge is 0.136 e. The number of rotatable bonds is 6. The Kier molecular flexibility index (Phi) is 7.17. The lowest BCUT2D eigenvalue weighted by atomic mass is 9.90. The van der Waals surface area contributed by atoms with E-state index in [1.54, 1.807) is 0 Å². The van der Waals surface area contributed by atoms with Crippen molar-refractivity contribution in [2.45, 2.75) is 0 Å². The monoisotopic (exact) mass is 703 g/mol. The van der Waals surface area contributed by atoms with Gasteiger partial charge in [0.1, 0.15) is 22.3 Å². The number of fused-ring (bicyclic) bond motifs is 7. The Morgan fingerprint density at radius 2 is 0.855 bits per heavy atom. The Morgan fingerprint density at radius 3 is 1.67 bits per heavy atom. The zero-order chi connectivity index (χ0) is 36.3. The third-order valence-electron chi connectivity index (χ3n) is 10.9. The van der Waals surface area contributed by atoms with Crippen LogP contribution in [0.1, 0.15) is 0 Å². The summed E-state index contributed by atoms with van der Waals surface area (Å²) < 4.78 is 12.6. The zero-order valence-electron chi connectivity index (χ0n) is 29.8. The van der Waals surface area contributed by atoms with E-state index in [1.807, 2.05) is 24.3 Å². The van der Waals surface area contributed by atoms with Crippen LogP contribution in [0.4, 0.5) is 17.1 Å². The van der Waals surface area contributed by atoms with E-state index in [-0.39, 0.29) is 0 Å². The van der Waals surface area contributed by atoms with Gasteiger partial charge in [-0.3, -0.25) is 0 Å². The van der Waals surface area contributed by atoms with Gasteiger partial charge in [0, 0.05) is 38.5 Å². The SMILES string of the molecule is c1ccc(-c2cccc3cccc(-c4ccccc4N(c4ccc(-c5cccc6oc7ccccc7c56)cc4)c4ccc5oc6ccccc6c5c4)c23)cc1. The summed E-state index contributed by atoms with van der Waals surface area (Å²) in [5.74, 6) is 0. The fourth-order valence-electron chi connectivity index (χ4n) is 8.41. The molecule has 2 heterocycles. The summed E-state index contributed by atoms with van der Waals surface area (Å²) >= 11 is 0. The minimum Gasteiger partial charge on any atom is -0.456 e. The molecule has 55 heavy (non-hydrogen) atoms. The van der Waals surface area contributed by atoms with Crippen molar-refractivity contribution in [1.82, 2.24) is 0 Å². The van der Waals surface area contributed by atoms with Gasteiger partial charge in [-0.2, -0.15) is 0 Å². The maximum atomic E-state index is 6.29. The van der Waals surface area contributed by atoms with Crippen LogP contribution in [0.5, 0.6) is 0 Å². The van der Waals surface area contributed by atoms with Gasteiger partial charge in [-0.15, -0.1) is 0 Å². The Balaban J connectivity index is 1.13. The second-order valence-electron chi connectivity index (χ2n) is 14.0. The van der Waals surface area contributed by atoms with Crippen LogP contribution < -0.4 is 4.90 Å². The van der Waals surface area contributed by atoms with E-state index < -0.39 is 0 Å². The van der Waals surface area contributed by atoms with Crippen LogP contribution in [0, 0.1) is 0 Å². The third kappa shape index (κ3) is 5.13. The first-order valence-electron chi connectivity index (χ1n) is 18.7. The van der Waals surface area contributed by atoms with Gasteiger partial charge in [0.2, 0.25) is 0 Å². The van der Waals surface area contributed by atoms with Gasteiger partial charge in [-0.05, 0) is 93.2 Å². The number of furan rings is 2. The van der Waals surface area contributed by atoms with Crippen molar-refractivity contribution in [2.75, 3.05) is 4.90 Å². The summed E-state index contributed by atoms with van der Waals surface area (Å²) in [5, 5.41) is 6.88. The molecule has 3 nitrogen and oxygen atoms in total. The van der Waals surface area contributed by atoms with Crippen molar-refractivity contribution in [3.63, 3.8) is 0 Å². The highest BCUT2D eigenvalue weighted by Gasteiger charge is 2.21. The maximum absolute atomic E-state index is 6.29. The number of para-hydroxylation sites is 3. The molecule has 0 saturated carbocycles. The molecule has 0 radical (unpaired) electrons. The normalized spacial score (nSPS) is 11.6. The molecule has 0 spiro atoms. The van der Waals surface area contributed by atoms with Crippen molar-refractivity contribution in [1.29, 1.82) is 0 Å². The molecule has 11 aromatic rings. The van der Waals surface area contributed by atoms with Crippen LogP contribution in [0.15, 0.2) is 209 Å². The first-order valence-corrected chi connectivity index (χ1v) is 18.7. The van der Waals surface area contributed by atoms with E-state index in [2.05, 4.69) is 181 Å². The minimum absolute atomic E-state index is 0.871. The Bertz CT molecular complexity index is 3200. The molecule has 11 rings (SSSR count). The summed E-state index contributed by atoms with van der Waals surface area (Å²) in [6.45, 7) is 0. The highest BCUT2D eigenvalue weighted by atomic mass is 16.3. The maximum Gasteiger partial charge on any atom is 0.136 e. The molecule has 0 unspecified atom stereocenters. The molecule has 0 atom stereocenters. The Labute approximate surface area is 317 Å². The molecular weight excluding hydrogens is 671 g/mol. The van der Waals surface area contributed by atoms with Gasteiger partial charge >= 0.3 is 0 Å². The summed E-state index contributed by atoms with van der Waals surface area (Å²) in [6.07, 6.45) is 0. The van der Waals surface area contributed by atoms with Gasteiger partial charge < -0.3 is 13.7 Å². The van der Waals surface area contributed by atoms with Crippen LogP contribution in [0.3, 0.4) is 0 Å². The number of hydrogen-bond acceptors (Lipinski definition) is 3. The quantitative estimate of drug-likeness (QED) is 0.173. The van der Waals surface area contributed by atoms with Gasteiger partial charge in [0.15, 0.2) is 0 Å². The summed E-state index contributed by atoms with van der Waals surface area (Å²) in [6, 6.07) is 71.1. The van der Waals surface area contributed by atoms with Gasteiger partial charge in [0.25, 0.3) is 0 Å². The molecule has 0 bridgehead atoms. The number of anilines is 3. The summed E-state index contributed by atoms with van der Waals surface area (Å²) in [4.78, 5) is 2.39. The van der Waals surface area contributed by atoms with Gasteiger partial charge in [-0.25, -0.2) is 0 Å². The average molecular weight is 704 g/mol. The third-order valence-corrected chi connectivity index (χ3v) is 10.9. The summed E-state index contributed by atoms with van der Waals surface area (Å²) in [7, 11) is 0. The van der Waals surface area contributed by atoms with Crippen LogP contribution >= 0.6 is 0 Å². The molecule has 258 valence electrons. The van der Waals surface area contributed by atoms with E-state index in [9.17, 15) is 0 Å². The number of benzene rings is 9. The lowest BCUT2D eigenvalue weighted by Gasteiger charge is -2.28. The van der Waals surface area contributed by atoms with E-state index in [0.29, 0.717) is 0 Å². The van der Waals surface area contributed by atoms with Crippen molar-refractivity contribution >= 4 is 71.7 Å². The number of nitrogens with zero attached hydrogens (tertiary/aromatic N) is 1. The van der Waals surface area contributed by atoms with Crippen molar-refractivity contribution < 1.29 is 8.83 Å². The molecule has 0 fully saturated rings. The molecule has 0 saturated heterocycles. The van der Waals surface area contributed by atoms with Crippen LogP contribution in [-0.2, 0) is 0 Å². The fraction of sp³-hybridized carbons (Fsp3) is 0. The second kappa shape index (κ2) is 12.6. The van der Waals surface area contributed by atoms with Crippen LogP contribution in [0.2, 0.25) is 0 Å². The molecule has 3 heteroatoms. The van der Waals surface area contributed by atoms with Gasteiger partial charge in [-0.1, -0.05) is 146 Å². The predicted octanol–water partition coefficient (Wildman–Crippen LogP) is 15.1. The summed E-state index contributed by atoms with van der Waals surface area (Å²) in [5.41, 5.74) is 13.8. The average Bonchev–Trinajstić information content (AvgIpc) is 3.83. The van der Waals surface area contributed by atoms with E-state index in [4.69, 9.17) is 8.83 Å². The largest absolute Gasteiger partial charge is 0.456 e. The molecular formula is C52H33NO2. The standard InChI is InChI=1S/C52H33NO2/c1-2-13-34(14-3-1)39-20-10-15-36-16-11-22-43(51(36)39)41-17-4-7-23-46(41)53(38-31-32-49-45(33-38)42-18-5-8-24-47(42)54-49)37-29-27-35(28-30-37)40-21-12-26-50-52(40)44-19-6-9-25-48(44)55-50/h1-33H.